The topological polar surface area (TPSA) is 42.1 Å². The summed E-state index contributed by atoms with van der Waals surface area (Å²) in [5, 5.41) is 0. The molecule has 1 aliphatic carbocycles. The maximum atomic E-state index is 13.1. The van der Waals surface area contributed by atoms with Gasteiger partial charge in [0.2, 0.25) is 0 Å². The molecule has 3 aromatic rings. The van der Waals surface area contributed by atoms with Crippen LogP contribution in [0.4, 0.5) is 16.2 Å². The van der Waals surface area contributed by atoms with Crippen LogP contribution in [0.5, 0.6) is 0 Å². The lowest BCUT2D eigenvalue weighted by atomic mass is 9.97. The van der Waals surface area contributed by atoms with Gasteiger partial charge in [-0.2, -0.15) is 0 Å². The number of hydrogen-bond donors (Lipinski definition) is 0. The van der Waals surface area contributed by atoms with Crippen LogP contribution in [0.15, 0.2) is 84.9 Å². The predicted molar refractivity (Wildman–Crippen MR) is 112 cm³/mol. The molecule has 4 heteroatoms. The first kappa shape index (κ1) is 18.0. The largest absolute Gasteiger partial charge is 0.446 e. The van der Waals surface area contributed by atoms with Gasteiger partial charge in [-0.25, -0.2) is 9.69 Å². The SMILES string of the molecule is O=C(OCC12Cc3ccccc3CCC1O2)N(c1ccccc1)c1ccccc1. The minimum Gasteiger partial charge on any atom is -0.446 e. The normalized spacial score (nSPS) is 22.0. The van der Waals surface area contributed by atoms with Crippen molar-refractivity contribution in [1.82, 2.24) is 0 Å². The van der Waals surface area contributed by atoms with Gasteiger partial charge in [0.25, 0.3) is 0 Å². The third-order valence-corrected chi connectivity index (χ3v) is 5.84. The van der Waals surface area contributed by atoms with Gasteiger partial charge in [0.1, 0.15) is 12.2 Å². The average molecular weight is 385 g/mol. The Labute approximate surface area is 170 Å². The molecule has 1 amide bonds. The Kier molecular flexibility index (Phi) is 4.57. The number of rotatable bonds is 4. The fourth-order valence-electron chi connectivity index (χ4n) is 4.25. The lowest BCUT2D eigenvalue weighted by molar-refractivity contribution is 0.117. The van der Waals surface area contributed by atoms with E-state index in [0.29, 0.717) is 0 Å². The molecule has 1 fully saturated rings. The summed E-state index contributed by atoms with van der Waals surface area (Å²) >= 11 is 0. The van der Waals surface area contributed by atoms with Crippen LogP contribution in [0.3, 0.4) is 0 Å². The number of epoxide rings is 1. The average Bonchev–Trinajstić information content (AvgIpc) is 3.47. The number of ether oxygens (including phenoxy) is 2. The number of hydrogen-bond acceptors (Lipinski definition) is 3. The number of nitrogens with zero attached hydrogens (tertiary/aromatic N) is 1. The first-order chi connectivity index (χ1) is 14.3. The van der Waals surface area contributed by atoms with E-state index in [4.69, 9.17) is 9.47 Å². The summed E-state index contributed by atoms with van der Waals surface area (Å²) in [6.45, 7) is 0.265. The van der Waals surface area contributed by atoms with Crippen molar-refractivity contribution >= 4 is 17.5 Å². The summed E-state index contributed by atoms with van der Waals surface area (Å²) in [7, 11) is 0. The van der Waals surface area contributed by atoms with Crippen molar-refractivity contribution in [1.29, 1.82) is 0 Å². The van der Waals surface area contributed by atoms with E-state index in [9.17, 15) is 4.79 Å². The van der Waals surface area contributed by atoms with Crippen LogP contribution in [0.2, 0.25) is 0 Å². The molecule has 2 unspecified atom stereocenters. The summed E-state index contributed by atoms with van der Waals surface area (Å²) in [6.07, 6.45) is 2.54. The van der Waals surface area contributed by atoms with Crippen LogP contribution in [0.25, 0.3) is 0 Å². The fraction of sp³-hybridized carbons (Fsp3) is 0.240. The molecule has 146 valence electrons. The molecule has 1 heterocycles. The number of carbonyl (C=O) groups excluding carboxylic acids is 1. The number of benzene rings is 3. The van der Waals surface area contributed by atoms with E-state index < -0.39 is 0 Å². The monoisotopic (exact) mass is 385 g/mol. The highest BCUT2D eigenvalue weighted by atomic mass is 16.6. The van der Waals surface area contributed by atoms with Gasteiger partial charge in [-0.05, 0) is 48.2 Å². The molecule has 0 N–H and O–H groups in total. The van der Waals surface area contributed by atoms with E-state index in [-0.39, 0.29) is 24.4 Å². The zero-order valence-corrected chi connectivity index (χ0v) is 16.2. The summed E-state index contributed by atoms with van der Waals surface area (Å²) in [6, 6.07) is 27.7. The Balaban J connectivity index is 1.35. The molecule has 0 bridgehead atoms. The van der Waals surface area contributed by atoms with Crippen LogP contribution in [-0.4, -0.2) is 24.4 Å². The van der Waals surface area contributed by atoms with Gasteiger partial charge in [-0.1, -0.05) is 60.7 Å². The second-order valence-electron chi connectivity index (χ2n) is 7.72. The van der Waals surface area contributed by atoms with Crippen LogP contribution >= 0.6 is 0 Å². The van der Waals surface area contributed by atoms with Crippen molar-refractivity contribution in [3.8, 4) is 0 Å². The highest BCUT2D eigenvalue weighted by molar-refractivity contribution is 5.95. The summed E-state index contributed by atoms with van der Waals surface area (Å²) < 4.78 is 11.9. The Bertz CT molecular complexity index is 965. The summed E-state index contributed by atoms with van der Waals surface area (Å²) in [5.74, 6) is 0. The number of anilines is 2. The van der Waals surface area contributed by atoms with Crippen LogP contribution in [0, 0.1) is 0 Å². The highest BCUT2D eigenvalue weighted by Crippen LogP contribution is 2.45. The van der Waals surface area contributed by atoms with E-state index in [1.165, 1.54) is 11.1 Å². The molecule has 5 rings (SSSR count). The quantitative estimate of drug-likeness (QED) is 0.573. The lowest BCUT2D eigenvalue weighted by Gasteiger charge is -2.23. The van der Waals surface area contributed by atoms with E-state index in [2.05, 4.69) is 24.3 Å². The molecule has 0 aromatic heterocycles. The van der Waals surface area contributed by atoms with Gasteiger partial charge >= 0.3 is 6.09 Å². The highest BCUT2D eigenvalue weighted by Gasteiger charge is 2.58. The second kappa shape index (κ2) is 7.37. The van der Waals surface area contributed by atoms with E-state index >= 15 is 0 Å². The molecule has 29 heavy (non-hydrogen) atoms. The third-order valence-electron chi connectivity index (χ3n) is 5.84. The molecule has 1 saturated heterocycles. The van der Waals surface area contributed by atoms with E-state index in [0.717, 1.165) is 30.6 Å². The van der Waals surface area contributed by atoms with Crippen molar-refractivity contribution < 1.29 is 14.3 Å². The van der Waals surface area contributed by atoms with Crippen molar-refractivity contribution in [2.75, 3.05) is 11.5 Å². The molecule has 0 spiro atoms. The minimum absolute atomic E-state index is 0.157. The molecular weight excluding hydrogens is 362 g/mol. The van der Waals surface area contributed by atoms with Crippen LogP contribution in [0.1, 0.15) is 17.5 Å². The smallest absolute Gasteiger partial charge is 0.419 e. The minimum atomic E-state index is -0.388. The molecule has 2 atom stereocenters. The number of carbonyl (C=O) groups is 1. The number of fused-ring (bicyclic) bond motifs is 2. The van der Waals surface area contributed by atoms with Crippen LogP contribution in [-0.2, 0) is 22.3 Å². The number of amides is 1. The second-order valence-corrected chi connectivity index (χ2v) is 7.72. The first-order valence-corrected chi connectivity index (χ1v) is 10.1. The van der Waals surface area contributed by atoms with Gasteiger partial charge in [0, 0.05) is 6.42 Å². The van der Waals surface area contributed by atoms with Crippen molar-refractivity contribution in [3.05, 3.63) is 96.1 Å². The van der Waals surface area contributed by atoms with Crippen LogP contribution < -0.4 is 4.90 Å². The summed E-state index contributed by atoms with van der Waals surface area (Å²) in [4.78, 5) is 14.7. The maximum Gasteiger partial charge on any atom is 0.419 e. The molecular formula is C25H23NO3. The molecule has 4 nitrogen and oxygen atoms in total. The molecule has 2 aliphatic rings. The first-order valence-electron chi connectivity index (χ1n) is 10.1. The zero-order chi connectivity index (χ0) is 19.7. The Morgan fingerprint density at radius 3 is 2.14 bits per heavy atom. The molecule has 3 aromatic carbocycles. The molecule has 1 aliphatic heterocycles. The van der Waals surface area contributed by atoms with Gasteiger partial charge in [-0.15, -0.1) is 0 Å². The van der Waals surface area contributed by atoms with Gasteiger partial charge in [-0.3, -0.25) is 0 Å². The number of aryl methyl sites for hydroxylation is 1. The summed E-state index contributed by atoms with van der Waals surface area (Å²) in [5.41, 5.74) is 3.85. The van der Waals surface area contributed by atoms with E-state index in [1.807, 2.05) is 60.7 Å². The Hall–Kier alpha value is -3.11. The third kappa shape index (κ3) is 3.52. The Morgan fingerprint density at radius 2 is 1.48 bits per heavy atom. The van der Waals surface area contributed by atoms with E-state index in [1.54, 1.807) is 4.90 Å². The van der Waals surface area contributed by atoms with Gasteiger partial charge < -0.3 is 9.47 Å². The van der Waals surface area contributed by atoms with Gasteiger partial charge in [0.15, 0.2) is 0 Å². The molecule has 0 radical (unpaired) electrons. The van der Waals surface area contributed by atoms with Crippen molar-refractivity contribution in [3.63, 3.8) is 0 Å². The maximum absolute atomic E-state index is 13.1. The zero-order valence-electron chi connectivity index (χ0n) is 16.2. The lowest BCUT2D eigenvalue weighted by Crippen LogP contribution is -2.33. The Morgan fingerprint density at radius 1 is 0.897 bits per heavy atom. The fourth-order valence-corrected chi connectivity index (χ4v) is 4.25. The number of para-hydroxylation sites is 2. The van der Waals surface area contributed by atoms with Crippen molar-refractivity contribution in [2.45, 2.75) is 31.0 Å². The van der Waals surface area contributed by atoms with Crippen molar-refractivity contribution in [2.24, 2.45) is 0 Å². The van der Waals surface area contributed by atoms with Gasteiger partial charge in [0.05, 0.1) is 17.5 Å². The molecule has 0 saturated carbocycles. The standard InChI is InChI=1S/C25H23NO3/c27-24(26(21-11-3-1-4-12-21)22-13-5-2-6-14-22)28-18-25-17-20-10-8-7-9-19(20)15-16-23(25)29-25/h1-14,23H,15-18H2. The predicted octanol–water partition coefficient (Wildman–Crippen LogP) is 5.29.